The molecule has 0 radical (unpaired) electrons. The first-order valence-corrected chi connectivity index (χ1v) is 6.14. The summed E-state index contributed by atoms with van der Waals surface area (Å²) < 4.78 is 15.2. The molecule has 1 aromatic heterocycles. The fraction of sp³-hybridized carbons (Fsp3) is 0.538. The Balaban J connectivity index is 2.81. The normalized spacial score (nSPS) is 12.1. The maximum absolute atomic E-state index is 11.8. The molecule has 0 fully saturated rings. The van der Waals surface area contributed by atoms with E-state index in [9.17, 15) is 9.59 Å². The van der Waals surface area contributed by atoms with Crippen molar-refractivity contribution in [1.29, 1.82) is 0 Å². The van der Waals surface area contributed by atoms with E-state index >= 15 is 0 Å². The van der Waals surface area contributed by atoms with Crippen molar-refractivity contribution >= 4 is 12.1 Å². The maximum atomic E-state index is 11.8. The van der Waals surface area contributed by atoms with Crippen LogP contribution in [0.4, 0.5) is 4.79 Å². The number of esters is 1. The Kier molecular flexibility index (Phi) is 5.41. The van der Waals surface area contributed by atoms with E-state index in [0.29, 0.717) is 11.5 Å². The van der Waals surface area contributed by atoms with Gasteiger partial charge in [0.2, 0.25) is 0 Å². The van der Waals surface area contributed by atoms with Crippen molar-refractivity contribution in [3.8, 4) is 0 Å². The smallest absolute Gasteiger partial charge is 0.408 e. The maximum Gasteiger partial charge on any atom is 0.408 e. The molecule has 1 rings (SSSR count). The molecule has 0 spiro atoms. The van der Waals surface area contributed by atoms with E-state index in [1.807, 2.05) is 0 Å². The Morgan fingerprint density at radius 3 is 2.53 bits per heavy atom. The van der Waals surface area contributed by atoms with Gasteiger partial charge in [-0.2, -0.15) is 0 Å². The zero-order valence-corrected chi connectivity index (χ0v) is 11.6. The summed E-state index contributed by atoms with van der Waals surface area (Å²) >= 11 is 0. The quantitative estimate of drug-likeness (QED) is 0.830. The number of alkyl carbamates (subject to hydrolysis) is 1. The van der Waals surface area contributed by atoms with Crippen LogP contribution in [0.1, 0.15) is 38.3 Å². The third-order valence-electron chi connectivity index (χ3n) is 2.17. The molecule has 0 unspecified atom stereocenters. The number of hydrogen-bond acceptors (Lipinski definition) is 5. The minimum Gasteiger partial charge on any atom is -0.464 e. The third kappa shape index (κ3) is 4.65. The molecule has 1 aromatic rings. The van der Waals surface area contributed by atoms with E-state index in [-0.39, 0.29) is 12.7 Å². The van der Waals surface area contributed by atoms with Crippen LogP contribution in [0.2, 0.25) is 0 Å². The summed E-state index contributed by atoms with van der Waals surface area (Å²) in [5, 5.41) is 2.43. The van der Waals surface area contributed by atoms with E-state index in [0.717, 1.165) is 0 Å². The van der Waals surface area contributed by atoms with Crippen molar-refractivity contribution in [2.45, 2.75) is 39.8 Å². The average Bonchev–Trinajstić information content (AvgIpc) is 2.71. The van der Waals surface area contributed by atoms with Crippen LogP contribution >= 0.6 is 0 Å². The van der Waals surface area contributed by atoms with Gasteiger partial charge in [0.25, 0.3) is 0 Å². The van der Waals surface area contributed by atoms with Gasteiger partial charge in [0.15, 0.2) is 6.04 Å². The first kappa shape index (κ1) is 15.1. The number of aryl methyl sites for hydroxylation is 1. The summed E-state index contributed by atoms with van der Waals surface area (Å²) in [5.74, 6) is 0.373. The van der Waals surface area contributed by atoms with Crippen LogP contribution in [-0.2, 0) is 14.3 Å². The molecular weight excluding hydrogens is 250 g/mol. The lowest BCUT2D eigenvalue weighted by molar-refractivity contribution is -0.146. The molecule has 0 saturated heterocycles. The summed E-state index contributed by atoms with van der Waals surface area (Å²) in [6, 6.07) is 2.32. The highest BCUT2D eigenvalue weighted by Crippen LogP contribution is 2.18. The Bertz CT molecular complexity index is 438. The first-order valence-electron chi connectivity index (χ1n) is 6.14. The number of carbonyl (C=O) groups is 2. The highest BCUT2D eigenvalue weighted by molar-refractivity contribution is 5.82. The van der Waals surface area contributed by atoms with Gasteiger partial charge < -0.3 is 19.2 Å². The fourth-order valence-corrected chi connectivity index (χ4v) is 1.45. The highest BCUT2D eigenvalue weighted by Gasteiger charge is 2.27. The number of ether oxygens (including phenoxy) is 2. The number of amides is 1. The molecule has 0 aliphatic heterocycles. The molecule has 0 aliphatic rings. The average molecular weight is 269 g/mol. The van der Waals surface area contributed by atoms with Gasteiger partial charge in [0, 0.05) is 0 Å². The van der Waals surface area contributed by atoms with E-state index < -0.39 is 18.1 Å². The Hall–Kier alpha value is -1.98. The van der Waals surface area contributed by atoms with E-state index in [4.69, 9.17) is 13.9 Å². The highest BCUT2D eigenvalue weighted by atomic mass is 16.6. The molecule has 6 nitrogen and oxygen atoms in total. The van der Waals surface area contributed by atoms with Crippen molar-refractivity contribution in [2.75, 3.05) is 6.61 Å². The summed E-state index contributed by atoms with van der Waals surface area (Å²) in [7, 11) is 0. The van der Waals surface area contributed by atoms with Crippen LogP contribution in [0.5, 0.6) is 0 Å². The lowest BCUT2D eigenvalue weighted by atomic mass is 10.2. The molecule has 0 aliphatic carbocycles. The van der Waals surface area contributed by atoms with Gasteiger partial charge >= 0.3 is 12.1 Å². The minimum atomic E-state index is -1.00. The Morgan fingerprint density at radius 1 is 1.37 bits per heavy atom. The van der Waals surface area contributed by atoms with Crippen molar-refractivity contribution < 1.29 is 23.5 Å². The standard InChI is InChI=1S/C13H19NO5/c1-5-17-12(15)11(10-7-6-9(4)19-10)14-13(16)18-8(2)3/h6-8,11H,5H2,1-4H3,(H,14,16)/t11-/m0/s1. The minimum absolute atomic E-state index is 0.218. The Labute approximate surface area is 112 Å². The topological polar surface area (TPSA) is 77.8 Å². The molecule has 1 N–H and O–H groups in total. The van der Waals surface area contributed by atoms with Crippen molar-refractivity contribution in [3.05, 3.63) is 23.7 Å². The van der Waals surface area contributed by atoms with Gasteiger partial charge in [0.05, 0.1) is 12.7 Å². The largest absolute Gasteiger partial charge is 0.464 e. The Morgan fingerprint density at radius 2 is 2.05 bits per heavy atom. The molecule has 0 aromatic carbocycles. The van der Waals surface area contributed by atoms with Crippen molar-refractivity contribution in [2.24, 2.45) is 0 Å². The zero-order valence-electron chi connectivity index (χ0n) is 11.6. The first-order chi connectivity index (χ1) is 8.93. The van der Waals surface area contributed by atoms with E-state index in [1.165, 1.54) is 0 Å². The number of nitrogens with one attached hydrogen (secondary N) is 1. The summed E-state index contributed by atoms with van der Waals surface area (Å²) in [5.41, 5.74) is 0. The van der Waals surface area contributed by atoms with Gasteiger partial charge in [-0.3, -0.25) is 0 Å². The third-order valence-corrected chi connectivity index (χ3v) is 2.17. The SMILES string of the molecule is CCOC(=O)[C@@H](NC(=O)OC(C)C)c1ccc(C)o1. The van der Waals surface area contributed by atoms with Crippen LogP contribution in [0.3, 0.4) is 0 Å². The second-order valence-electron chi connectivity index (χ2n) is 4.23. The van der Waals surface area contributed by atoms with Crippen LogP contribution in [0.25, 0.3) is 0 Å². The monoisotopic (exact) mass is 269 g/mol. The predicted octanol–water partition coefficient (Wildman–Crippen LogP) is 2.33. The van der Waals surface area contributed by atoms with E-state index in [2.05, 4.69) is 5.32 Å². The number of rotatable bonds is 5. The molecular formula is C13H19NO5. The predicted molar refractivity (Wildman–Crippen MR) is 67.6 cm³/mol. The molecule has 0 saturated carbocycles. The lowest BCUT2D eigenvalue weighted by Crippen LogP contribution is -2.36. The van der Waals surface area contributed by atoms with Crippen molar-refractivity contribution in [3.63, 3.8) is 0 Å². The molecule has 106 valence electrons. The van der Waals surface area contributed by atoms with Gasteiger partial charge in [0.1, 0.15) is 11.5 Å². The summed E-state index contributed by atoms with van der Waals surface area (Å²) in [6.45, 7) is 7.09. The van der Waals surface area contributed by atoms with Crippen LogP contribution in [0.15, 0.2) is 16.5 Å². The number of furan rings is 1. The molecule has 19 heavy (non-hydrogen) atoms. The van der Waals surface area contributed by atoms with E-state index in [1.54, 1.807) is 39.8 Å². The van der Waals surface area contributed by atoms with Gasteiger partial charge in [-0.1, -0.05) is 0 Å². The van der Waals surface area contributed by atoms with Crippen LogP contribution < -0.4 is 5.32 Å². The lowest BCUT2D eigenvalue weighted by Gasteiger charge is -2.16. The fourth-order valence-electron chi connectivity index (χ4n) is 1.45. The van der Waals surface area contributed by atoms with Crippen molar-refractivity contribution in [1.82, 2.24) is 5.32 Å². The summed E-state index contributed by atoms with van der Waals surface area (Å²) in [6.07, 6.45) is -0.969. The molecule has 1 atom stereocenters. The molecule has 1 heterocycles. The summed E-state index contributed by atoms with van der Waals surface area (Å²) in [4.78, 5) is 23.4. The molecule has 0 bridgehead atoms. The van der Waals surface area contributed by atoms with Gasteiger partial charge in [-0.05, 0) is 39.8 Å². The number of carbonyl (C=O) groups excluding carboxylic acids is 2. The molecule has 6 heteroatoms. The zero-order chi connectivity index (χ0) is 14.4. The molecule has 1 amide bonds. The van der Waals surface area contributed by atoms with Gasteiger partial charge in [-0.15, -0.1) is 0 Å². The van der Waals surface area contributed by atoms with Crippen LogP contribution in [0, 0.1) is 6.92 Å². The van der Waals surface area contributed by atoms with Crippen LogP contribution in [-0.4, -0.2) is 24.8 Å². The van der Waals surface area contributed by atoms with Gasteiger partial charge in [-0.25, -0.2) is 9.59 Å². The number of hydrogen-bond donors (Lipinski definition) is 1. The second-order valence-corrected chi connectivity index (χ2v) is 4.23. The second kappa shape index (κ2) is 6.82.